The molecule has 1 aromatic carbocycles. The van der Waals surface area contributed by atoms with Gasteiger partial charge >= 0.3 is 10.8 Å². The standard InChI is InChI=1S/C24H25N3O5S2/c1-26(2)11-5-3-10(4-6-11)15-16-12-9-13(19(16)33-21-20(15)34-24(32)25-21)18-17(12)22(30)27(23(18)31)8-7-14(28)29/h3-6,12-13,15-19H,7-9H2,1-2H3,(H,25,32)(H,28,29)/t12-,13+,15+,16+,17+,18+,19+/m0/s1. The number of thioether (sulfide) groups is 1. The molecule has 10 heteroatoms. The summed E-state index contributed by atoms with van der Waals surface area (Å²) in [5, 5.41) is 10.1. The summed E-state index contributed by atoms with van der Waals surface area (Å²) in [4.78, 5) is 57.1. The number of H-pyrrole nitrogens is 1. The second kappa shape index (κ2) is 7.71. The number of hydrogen-bond donors (Lipinski definition) is 2. The van der Waals surface area contributed by atoms with Gasteiger partial charge in [0.25, 0.3) is 0 Å². The minimum atomic E-state index is -1.01. The number of carbonyl (C=O) groups is 3. The third-order valence-electron chi connectivity index (χ3n) is 8.13. The number of amides is 2. The van der Waals surface area contributed by atoms with Crippen LogP contribution in [0.15, 0.2) is 34.1 Å². The van der Waals surface area contributed by atoms with Crippen LogP contribution in [-0.4, -0.2) is 58.7 Å². The van der Waals surface area contributed by atoms with Gasteiger partial charge in [-0.2, -0.15) is 0 Å². The largest absolute Gasteiger partial charge is 0.481 e. The predicted molar refractivity (Wildman–Crippen MR) is 128 cm³/mol. The number of carboxylic acids is 1. The summed E-state index contributed by atoms with van der Waals surface area (Å²) in [7, 11) is 3.99. The van der Waals surface area contributed by atoms with Gasteiger partial charge in [-0.3, -0.25) is 24.1 Å². The molecule has 1 aromatic heterocycles. The Morgan fingerprint density at radius 2 is 1.79 bits per heavy atom. The molecule has 178 valence electrons. The number of carboxylic acid groups (broad SMARTS) is 1. The zero-order chi connectivity index (χ0) is 23.9. The number of benzene rings is 1. The van der Waals surface area contributed by atoms with Crippen molar-refractivity contribution in [3.05, 3.63) is 44.4 Å². The van der Waals surface area contributed by atoms with Crippen molar-refractivity contribution in [1.82, 2.24) is 9.88 Å². The summed E-state index contributed by atoms with van der Waals surface area (Å²) in [6, 6.07) is 8.39. The number of fused-ring (bicyclic) bond motifs is 9. The van der Waals surface area contributed by atoms with Crippen LogP contribution >= 0.6 is 23.1 Å². The van der Waals surface area contributed by atoms with Crippen molar-refractivity contribution in [2.45, 2.75) is 29.0 Å². The molecule has 6 rings (SSSR count). The van der Waals surface area contributed by atoms with E-state index >= 15 is 0 Å². The summed E-state index contributed by atoms with van der Waals surface area (Å²) in [6.07, 6.45) is 0.598. The highest BCUT2D eigenvalue weighted by molar-refractivity contribution is 8.00. The fraction of sp³-hybridized carbons (Fsp3) is 0.500. The van der Waals surface area contributed by atoms with Gasteiger partial charge in [-0.25, -0.2) is 0 Å². The SMILES string of the molecule is CN(C)c1ccc([C@H]2c3sc(=O)[nH]c3S[C@@H]3[C@@H]4C[C@H]([C@H]5C(=O)N(CCC(=O)O)C(=O)[C@H]45)[C@H]23)cc1. The van der Waals surface area contributed by atoms with E-state index in [2.05, 4.69) is 29.2 Å². The topological polar surface area (TPSA) is 111 Å². The summed E-state index contributed by atoms with van der Waals surface area (Å²) in [5.74, 6) is -1.94. The van der Waals surface area contributed by atoms with Gasteiger partial charge in [0.05, 0.1) is 23.3 Å². The zero-order valence-electron chi connectivity index (χ0n) is 18.8. The fourth-order valence-corrected chi connectivity index (χ4v) is 9.75. The van der Waals surface area contributed by atoms with Crippen molar-refractivity contribution < 1.29 is 19.5 Å². The first-order valence-corrected chi connectivity index (χ1v) is 13.2. The Bertz CT molecular complexity index is 1250. The van der Waals surface area contributed by atoms with Crippen LogP contribution in [0.5, 0.6) is 0 Å². The number of rotatable bonds is 5. The number of likely N-dealkylation sites (tertiary alicyclic amines) is 1. The van der Waals surface area contributed by atoms with Crippen molar-refractivity contribution in [2.24, 2.45) is 29.6 Å². The molecule has 1 saturated heterocycles. The zero-order valence-corrected chi connectivity index (χ0v) is 20.4. The van der Waals surface area contributed by atoms with Gasteiger partial charge in [-0.15, -0.1) is 11.8 Å². The second-order valence-corrected chi connectivity index (χ2v) is 12.1. The van der Waals surface area contributed by atoms with Crippen LogP contribution in [0.3, 0.4) is 0 Å². The molecule has 3 fully saturated rings. The lowest BCUT2D eigenvalue weighted by Gasteiger charge is -2.43. The molecule has 0 unspecified atom stereocenters. The molecular formula is C24H25N3O5S2. The Hall–Kier alpha value is -2.59. The van der Waals surface area contributed by atoms with E-state index in [0.29, 0.717) is 0 Å². The molecular weight excluding hydrogens is 474 g/mol. The first-order chi connectivity index (χ1) is 16.3. The van der Waals surface area contributed by atoms with Gasteiger partial charge in [0.1, 0.15) is 0 Å². The molecule has 2 amide bonds. The molecule has 0 radical (unpaired) electrons. The van der Waals surface area contributed by atoms with E-state index in [1.165, 1.54) is 16.2 Å². The molecule has 2 N–H and O–H groups in total. The smallest absolute Gasteiger partial charge is 0.305 e. The molecule has 4 aliphatic rings. The maximum atomic E-state index is 13.3. The molecule has 2 aromatic rings. The first-order valence-electron chi connectivity index (χ1n) is 11.5. The summed E-state index contributed by atoms with van der Waals surface area (Å²) >= 11 is 2.91. The molecule has 2 aliphatic carbocycles. The monoisotopic (exact) mass is 499 g/mol. The summed E-state index contributed by atoms with van der Waals surface area (Å²) < 4.78 is 0. The maximum absolute atomic E-state index is 13.3. The highest BCUT2D eigenvalue weighted by Crippen LogP contribution is 2.68. The van der Waals surface area contributed by atoms with Crippen LogP contribution in [-0.2, 0) is 14.4 Å². The average Bonchev–Trinajstić information content (AvgIpc) is 3.51. The Morgan fingerprint density at radius 3 is 2.44 bits per heavy atom. The second-order valence-electron chi connectivity index (χ2n) is 9.92. The van der Waals surface area contributed by atoms with Crippen LogP contribution < -0.4 is 9.77 Å². The minimum absolute atomic E-state index is 0.00617. The number of hydrogen-bond acceptors (Lipinski definition) is 7. The number of aliphatic carboxylic acids is 1. The molecule has 34 heavy (non-hydrogen) atoms. The van der Waals surface area contributed by atoms with Gasteiger partial charge in [0.2, 0.25) is 11.8 Å². The van der Waals surface area contributed by atoms with E-state index in [-0.39, 0.29) is 70.4 Å². The Labute approximate surface area is 204 Å². The number of thiazole rings is 1. The minimum Gasteiger partial charge on any atom is -0.481 e. The van der Waals surface area contributed by atoms with Crippen LogP contribution in [0, 0.1) is 29.6 Å². The third kappa shape index (κ3) is 3.04. The lowest BCUT2D eigenvalue weighted by Crippen LogP contribution is -2.42. The Kier molecular flexibility index (Phi) is 4.97. The lowest BCUT2D eigenvalue weighted by atomic mass is 9.68. The highest BCUT2D eigenvalue weighted by Gasteiger charge is 2.69. The number of nitrogens with zero attached hydrogens (tertiary/aromatic N) is 2. The molecule has 2 bridgehead atoms. The van der Waals surface area contributed by atoms with E-state index in [1.54, 1.807) is 11.8 Å². The summed E-state index contributed by atoms with van der Waals surface area (Å²) in [5.41, 5.74) is 2.22. The highest BCUT2D eigenvalue weighted by atomic mass is 32.2. The number of anilines is 1. The van der Waals surface area contributed by atoms with Gasteiger partial charge in [0.15, 0.2) is 0 Å². The van der Waals surface area contributed by atoms with Crippen LogP contribution in [0.1, 0.15) is 29.2 Å². The lowest BCUT2D eigenvalue weighted by molar-refractivity contribution is -0.142. The number of imide groups is 1. The normalized spacial score (nSPS) is 33.1. The fourth-order valence-electron chi connectivity index (χ4n) is 6.86. The van der Waals surface area contributed by atoms with Crippen molar-refractivity contribution in [3.63, 3.8) is 0 Å². The Balaban J connectivity index is 1.40. The number of aromatic amines is 1. The number of nitrogens with one attached hydrogen (secondary N) is 1. The van der Waals surface area contributed by atoms with E-state index < -0.39 is 5.97 Å². The van der Waals surface area contributed by atoms with Gasteiger partial charge in [0, 0.05) is 42.4 Å². The van der Waals surface area contributed by atoms with Crippen molar-refractivity contribution >= 4 is 46.6 Å². The van der Waals surface area contributed by atoms with E-state index in [9.17, 15) is 19.2 Å². The van der Waals surface area contributed by atoms with E-state index in [0.717, 1.165) is 27.6 Å². The van der Waals surface area contributed by atoms with Crippen molar-refractivity contribution in [3.8, 4) is 0 Å². The van der Waals surface area contributed by atoms with Gasteiger partial charge in [-0.05, 0) is 41.9 Å². The predicted octanol–water partition coefficient (Wildman–Crippen LogP) is 2.45. The van der Waals surface area contributed by atoms with Crippen LogP contribution in [0.4, 0.5) is 5.69 Å². The Morgan fingerprint density at radius 1 is 1.12 bits per heavy atom. The van der Waals surface area contributed by atoms with E-state index in [1.807, 2.05) is 19.0 Å². The number of aromatic nitrogens is 1. The third-order valence-corrected chi connectivity index (χ3v) is 10.7. The number of carbonyl (C=O) groups excluding carboxylic acids is 2. The van der Waals surface area contributed by atoms with Crippen molar-refractivity contribution in [2.75, 3.05) is 25.5 Å². The molecule has 0 spiro atoms. The maximum Gasteiger partial charge on any atom is 0.305 e. The molecule has 7 atom stereocenters. The van der Waals surface area contributed by atoms with Gasteiger partial charge in [-0.1, -0.05) is 23.5 Å². The molecule has 2 aliphatic heterocycles. The van der Waals surface area contributed by atoms with Gasteiger partial charge < -0.3 is 15.0 Å². The first kappa shape index (κ1) is 21.9. The summed E-state index contributed by atoms with van der Waals surface area (Å²) in [6.45, 7) is -0.0575. The van der Waals surface area contributed by atoms with Crippen LogP contribution in [0.25, 0.3) is 0 Å². The van der Waals surface area contributed by atoms with Crippen LogP contribution in [0.2, 0.25) is 0 Å². The molecule has 2 saturated carbocycles. The quantitative estimate of drug-likeness (QED) is 0.608. The van der Waals surface area contributed by atoms with Crippen molar-refractivity contribution in [1.29, 1.82) is 0 Å². The molecule has 3 heterocycles. The molecule has 8 nitrogen and oxygen atoms in total. The average molecular weight is 500 g/mol. The van der Waals surface area contributed by atoms with E-state index in [4.69, 9.17) is 5.11 Å².